The van der Waals surface area contributed by atoms with Gasteiger partial charge in [0.15, 0.2) is 0 Å². The van der Waals surface area contributed by atoms with E-state index in [1.54, 1.807) is 0 Å². The third-order valence-electron chi connectivity index (χ3n) is 3.14. The van der Waals surface area contributed by atoms with E-state index in [-0.39, 0.29) is 12.5 Å². The molecule has 0 bridgehead atoms. The number of amides is 1. The van der Waals surface area contributed by atoms with Crippen molar-refractivity contribution in [2.75, 3.05) is 18.4 Å². The molecule has 0 atom stereocenters. The molecule has 4 heteroatoms. The second-order valence-electron chi connectivity index (χ2n) is 4.92. The fourth-order valence-corrected chi connectivity index (χ4v) is 2.29. The van der Waals surface area contributed by atoms with Crippen molar-refractivity contribution in [2.45, 2.75) is 13.3 Å². The van der Waals surface area contributed by atoms with Crippen molar-refractivity contribution >= 4 is 23.2 Å². The molecule has 0 aliphatic carbocycles. The smallest absolute Gasteiger partial charge is 0.239 e. The Balaban J connectivity index is 1.72. The highest BCUT2D eigenvalue weighted by Crippen LogP contribution is 2.22. The standard InChI is InChI=1S/C17H19ClN2O/c1-13-7-8-16(15(18)11-13)20-12-17(21)19-10-9-14-5-3-2-4-6-14/h2-8,11,20H,9-10,12H2,1H3,(H,19,21). The van der Waals surface area contributed by atoms with Gasteiger partial charge in [0.1, 0.15) is 0 Å². The van der Waals surface area contributed by atoms with Crippen molar-refractivity contribution in [1.29, 1.82) is 0 Å². The van der Waals surface area contributed by atoms with E-state index in [4.69, 9.17) is 11.6 Å². The molecule has 0 unspecified atom stereocenters. The summed E-state index contributed by atoms with van der Waals surface area (Å²) in [5.41, 5.74) is 3.09. The van der Waals surface area contributed by atoms with E-state index in [1.165, 1.54) is 5.56 Å². The summed E-state index contributed by atoms with van der Waals surface area (Å²) in [6, 6.07) is 15.8. The first-order valence-corrected chi connectivity index (χ1v) is 7.33. The van der Waals surface area contributed by atoms with Crippen LogP contribution >= 0.6 is 11.6 Å². The minimum atomic E-state index is -0.0393. The van der Waals surface area contributed by atoms with Crippen LogP contribution in [0.5, 0.6) is 0 Å². The first-order valence-electron chi connectivity index (χ1n) is 6.96. The van der Waals surface area contributed by atoms with Crippen LogP contribution in [0.4, 0.5) is 5.69 Å². The molecule has 0 spiro atoms. The van der Waals surface area contributed by atoms with Gasteiger partial charge in [-0.1, -0.05) is 48.0 Å². The number of carbonyl (C=O) groups is 1. The van der Waals surface area contributed by atoms with Crippen LogP contribution in [-0.2, 0) is 11.2 Å². The zero-order chi connectivity index (χ0) is 15.1. The fraction of sp³-hybridized carbons (Fsp3) is 0.235. The SMILES string of the molecule is Cc1ccc(NCC(=O)NCCc2ccccc2)c(Cl)c1. The summed E-state index contributed by atoms with van der Waals surface area (Å²) in [4.78, 5) is 11.8. The molecule has 110 valence electrons. The molecule has 2 aromatic rings. The summed E-state index contributed by atoms with van der Waals surface area (Å²) in [6.07, 6.45) is 0.831. The molecule has 0 aromatic heterocycles. The monoisotopic (exact) mass is 302 g/mol. The van der Waals surface area contributed by atoms with Gasteiger partial charge in [0.25, 0.3) is 0 Å². The first kappa shape index (κ1) is 15.4. The lowest BCUT2D eigenvalue weighted by Gasteiger charge is -2.09. The number of nitrogens with one attached hydrogen (secondary N) is 2. The quantitative estimate of drug-likeness (QED) is 0.858. The predicted molar refractivity (Wildman–Crippen MR) is 87.8 cm³/mol. The van der Waals surface area contributed by atoms with E-state index >= 15 is 0 Å². The summed E-state index contributed by atoms with van der Waals surface area (Å²) in [6.45, 7) is 2.83. The van der Waals surface area contributed by atoms with E-state index in [0.717, 1.165) is 17.7 Å². The maximum atomic E-state index is 11.8. The van der Waals surface area contributed by atoms with Crippen LogP contribution in [0.3, 0.4) is 0 Å². The minimum Gasteiger partial charge on any atom is -0.375 e. The molecule has 0 radical (unpaired) electrons. The van der Waals surface area contributed by atoms with Crippen LogP contribution in [0.2, 0.25) is 5.02 Å². The summed E-state index contributed by atoms with van der Waals surface area (Å²) in [5.74, 6) is -0.0393. The zero-order valence-corrected chi connectivity index (χ0v) is 12.8. The first-order chi connectivity index (χ1) is 10.1. The van der Waals surface area contributed by atoms with Crippen molar-refractivity contribution < 1.29 is 4.79 Å². The molecular formula is C17H19ClN2O. The summed E-state index contributed by atoms with van der Waals surface area (Å²) in [7, 11) is 0. The van der Waals surface area contributed by atoms with E-state index < -0.39 is 0 Å². The number of rotatable bonds is 6. The second-order valence-corrected chi connectivity index (χ2v) is 5.33. The van der Waals surface area contributed by atoms with Crippen LogP contribution in [0, 0.1) is 6.92 Å². The maximum absolute atomic E-state index is 11.8. The molecule has 21 heavy (non-hydrogen) atoms. The van der Waals surface area contributed by atoms with E-state index in [0.29, 0.717) is 11.6 Å². The Labute approximate surface area is 130 Å². The fourth-order valence-electron chi connectivity index (χ4n) is 1.99. The van der Waals surface area contributed by atoms with Gasteiger partial charge in [-0.05, 0) is 36.6 Å². The molecule has 0 saturated heterocycles. The molecule has 1 amide bonds. The van der Waals surface area contributed by atoms with Gasteiger partial charge in [-0.2, -0.15) is 0 Å². The Bertz CT molecular complexity index is 599. The molecule has 2 aromatic carbocycles. The topological polar surface area (TPSA) is 41.1 Å². The largest absolute Gasteiger partial charge is 0.375 e. The van der Waals surface area contributed by atoms with Crippen LogP contribution in [0.25, 0.3) is 0 Å². The van der Waals surface area contributed by atoms with Crippen LogP contribution in [0.1, 0.15) is 11.1 Å². The molecule has 2 N–H and O–H groups in total. The summed E-state index contributed by atoms with van der Waals surface area (Å²) in [5, 5.41) is 6.56. The predicted octanol–water partition coefficient (Wildman–Crippen LogP) is 3.42. The van der Waals surface area contributed by atoms with Crippen molar-refractivity contribution in [3.63, 3.8) is 0 Å². The summed E-state index contributed by atoms with van der Waals surface area (Å²) >= 11 is 6.10. The molecule has 0 saturated carbocycles. The molecule has 0 aliphatic heterocycles. The highest BCUT2D eigenvalue weighted by atomic mass is 35.5. The van der Waals surface area contributed by atoms with Crippen LogP contribution < -0.4 is 10.6 Å². The Morgan fingerprint density at radius 1 is 1.14 bits per heavy atom. The number of hydrogen-bond donors (Lipinski definition) is 2. The third kappa shape index (κ3) is 5.12. The average molecular weight is 303 g/mol. The molecule has 0 heterocycles. The molecule has 3 nitrogen and oxygen atoms in total. The van der Waals surface area contributed by atoms with Crippen LogP contribution in [-0.4, -0.2) is 19.0 Å². The Hall–Kier alpha value is -2.00. The molecular weight excluding hydrogens is 284 g/mol. The Kier molecular flexibility index (Phi) is 5.64. The van der Waals surface area contributed by atoms with Gasteiger partial charge in [-0.25, -0.2) is 0 Å². The number of aryl methyl sites for hydroxylation is 1. The number of carbonyl (C=O) groups excluding carboxylic acids is 1. The zero-order valence-electron chi connectivity index (χ0n) is 12.0. The lowest BCUT2D eigenvalue weighted by molar-refractivity contribution is -0.119. The third-order valence-corrected chi connectivity index (χ3v) is 3.46. The van der Waals surface area contributed by atoms with Crippen molar-refractivity contribution in [1.82, 2.24) is 5.32 Å². The van der Waals surface area contributed by atoms with E-state index in [2.05, 4.69) is 22.8 Å². The van der Waals surface area contributed by atoms with Gasteiger partial charge in [0, 0.05) is 6.54 Å². The lowest BCUT2D eigenvalue weighted by atomic mass is 10.1. The van der Waals surface area contributed by atoms with Crippen LogP contribution in [0.15, 0.2) is 48.5 Å². The number of halogens is 1. The number of hydrogen-bond acceptors (Lipinski definition) is 2. The molecule has 2 rings (SSSR count). The lowest BCUT2D eigenvalue weighted by Crippen LogP contribution is -2.31. The highest BCUT2D eigenvalue weighted by Gasteiger charge is 2.04. The molecule has 0 aliphatic rings. The van der Waals surface area contributed by atoms with Gasteiger partial charge >= 0.3 is 0 Å². The van der Waals surface area contributed by atoms with Gasteiger partial charge < -0.3 is 10.6 Å². The normalized spacial score (nSPS) is 10.2. The number of benzene rings is 2. The van der Waals surface area contributed by atoms with Crippen molar-refractivity contribution in [3.05, 3.63) is 64.7 Å². The number of anilines is 1. The van der Waals surface area contributed by atoms with Crippen molar-refractivity contribution in [2.24, 2.45) is 0 Å². The Morgan fingerprint density at radius 3 is 2.62 bits per heavy atom. The van der Waals surface area contributed by atoms with E-state index in [9.17, 15) is 4.79 Å². The van der Waals surface area contributed by atoms with Crippen molar-refractivity contribution in [3.8, 4) is 0 Å². The summed E-state index contributed by atoms with van der Waals surface area (Å²) < 4.78 is 0. The average Bonchev–Trinajstić information content (AvgIpc) is 2.47. The van der Waals surface area contributed by atoms with Gasteiger partial charge in [0.05, 0.1) is 17.3 Å². The Morgan fingerprint density at radius 2 is 1.90 bits per heavy atom. The second kappa shape index (κ2) is 7.70. The van der Waals surface area contributed by atoms with Gasteiger partial charge in [0.2, 0.25) is 5.91 Å². The minimum absolute atomic E-state index is 0.0393. The van der Waals surface area contributed by atoms with Gasteiger partial charge in [-0.3, -0.25) is 4.79 Å². The maximum Gasteiger partial charge on any atom is 0.239 e. The highest BCUT2D eigenvalue weighted by molar-refractivity contribution is 6.33. The van der Waals surface area contributed by atoms with E-state index in [1.807, 2.05) is 43.3 Å². The van der Waals surface area contributed by atoms with Gasteiger partial charge in [-0.15, -0.1) is 0 Å². The molecule has 0 fully saturated rings.